The Morgan fingerprint density at radius 3 is 2.58 bits per heavy atom. The minimum Gasteiger partial charge on any atom is -0.432 e. The third-order valence-corrected chi connectivity index (χ3v) is 6.06. The zero-order chi connectivity index (χ0) is 18.5. The van der Waals surface area contributed by atoms with Gasteiger partial charge in [-0.2, -0.15) is 8.78 Å². The van der Waals surface area contributed by atoms with Gasteiger partial charge in [0.2, 0.25) is 0 Å². The minimum atomic E-state index is -3.00. The van der Waals surface area contributed by atoms with E-state index in [0.717, 1.165) is 57.1 Å². The molecule has 0 bridgehead atoms. The van der Waals surface area contributed by atoms with Crippen molar-refractivity contribution in [3.63, 3.8) is 0 Å². The van der Waals surface area contributed by atoms with Gasteiger partial charge in [0.1, 0.15) is 0 Å². The lowest BCUT2D eigenvalue weighted by molar-refractivity contribution is -0.0522. The molecule has 5 heteroatoms. The van der Waals surface area contributed by atoms with E-state index in [0.29, 0.717) is 23.9 Å². The summed E-state index contributed by atoms with van der Waals surface area (Å²) in [5.74, 6) is 0.613. The van der Waals surface area contributed by atoms with Gasteiger partial charge in [-0.25, -0.2) is 4.39 Å². The van der Waals surface area contributed by atoms with Gasteiger partial charge in [0.25, 0.3) is 0 Å². The number of halogens is 3. The molecule has 0 spiro atoms. The number of hydrogen-bond donors (Lipinski definition) is 0. The van der Waals surface area contributed by atoms with Gasteiger partial charge >= 0.3 is 6.61 Å². The molecule has 0 N–H and O–H groups in total. The highest BCUT2D eigenvalue weighted by Crippen LogP contribution is 2.47. The topological polar surface area (TPSA) is 18.5 Å². The van der Waals surface area contributed by atoms with Crippen molar-refractivity contribution in [2.45, 2.75) is 76.9 Å². The van der Waals surface area contributed by atoms with Crippen LogP contribution in [-0.2, 0) is 4.74 Å². The molecule has 0 heterocycles. The molecule has 26 heavy (non-hydrogen) atoms. The number of rotatable bonds is 7. The van der Waals surface area contributed by atoms with E-state index in [1.807, 2.05) is 0 Å². The number of hydrogen-bond acceptors (Lipinski definition) is 2. The van der Waals surface area contributed by atoms with Crippen molar-refractivity contribution in [1.29, 1.82) is 0 Å². The summed E-state index contributed by atoms with van der Waals surface area (Å²) in [5.41, 5.74) is 0.906. The van der Waals surface area contributed by atoms with Crippen molar-refractivity contribution in [1.82, 2.24) is 0 Å². The largest absolute Gasteiger partial charge is 0.432 e. The molecule has 1 aromatic carbocycles. The number of unbranched alkanes of at least 4 members (excludes halogenated alkanes) is 1. The maximum atomic E-state index is 14.0. The van der Waals surface area contributed by atoms with Crippen LogP contribution in [0, 0.1) is 17.7 Å². The average Bonchev–Trinajstić information content (AvgIpc) is 2.63. The number of fused-ring (bicyclic) bond motifs is 1. The second-order valence-corrected chi connectivity index (χ2v) is 7.76. The SMILES string of the molecule is CCCCOC1CCC2CC(c3ccc(OC(F)F)c(F)c3)CCC2C1. The van der Waals surface area contributed by atoms with Gasteiger partial charge in [-0.1, -0.05) is 19.4 Å². The first-order chi connectivity index (χ1) is 12.6. The van der Waals surface area contributed by atoms with Crippen molar-refractivity contribution >= 4 is 0 Å². The summed E-state index contributed by atoms with van der Waals surface area (Å²) < 4.78 is 48.8. The summed E-state index contributed by atoms with van der Waals surface area (Å²) in [5, 5.41) is 0. The molecule has 0 radical (unpaired) electrons. The van der Waals surface area contributed by atoms with Crippen LogP contribution in [0.1, 0.15) is 69.8 Å². The van der Waals surface area contributed by atoms with Gasteiger partial charge in [0, 0.05) is 6.61 Å². The van der Waals surface area contributed by atoms with Gasteiger partial charge in [0.15, 0.2) is 11.6 Å². The highest BCUT2D eigenvalue weighted by Gasteiger charge is 2.36. The van der Waals surface area contributed by atoms with E-state index in [9.17, 15) is 13.2 Å². The molecule has 3 rings (SSSR count). The minimum absolute atomic E-state index is 0.309. The van der Waals surface area contributed by atoms with E-state index < -0.39 is 12.4 Å². The molecular formula is C21H29F3O2. The number of benzene rings is 1. The Hall–Kier alpha value is -1.23. The molecule has 2 aliphatic rings. The second kappa shape index (κ2) is 9.12. The van der Waals surface area contributed by atoms with Gasteiger partial charge in [-0.3, -0.25) is 0 Å². The summed E-state index contributed by atoms with van der Waals surface area (Å²) in [6.07, 6.45) is 9.36. The van der Waals surface area contributed by atoms with Gasteiger partial charge in [0.05, 0.1) is 6.10 Å². The van der Waals surface area contributed by atoms with E-state index >= 15 is 0 Å². The number of ether oxygens (including phenoxy) is 2. The molecule has 2 aliphatic carbocycles. The monoisotopic (exact) mass is 370 g/mol. The Labute approximate surface area is 154 Å². The van der Waals surface area contributed by atoms with Crippen LogP contribution >= 0.6 is 0 Å². The Balaban J connectivity index is 1.55. The summed E-state index contributed by atoms with van der Waals surface area (Å²) in [6.45, 7) is 0.0461. The quantitative estimate of drug-likeness (QED) is 0.525. The van der Waals surface area contributed by atoms with Crippen LogP contribution in [0.2, 0.25) is 0 Å². The summed E-state index contributed by atoms with van der Waals surface area (Å²) in [4.78, 5) is 0. The predicted molar refractivity (Wildman–Crippen MR) is 95.1 cm³/mol. The Morgan fingerprint density at radius 2 is 1.85 bits per heavy atom. The van der Waals surface area contributed by atoms with Crippen LogP contribution in [0.25, 0.3) is 0 Å². The fraction of sp³-hybridized carbons (Fsp3) is 0.714. The Kier molecular flexibility index (Phi) is 6.85. The fourth-order valence-electron chi connectivity index (χ4n) is 4.66. The van der Waals surface area contributed by atoms with E-state index in [4.69, 9.17) is 4.74 Å². The Bertz CT molecular complexity index is 578. The highest BCUT2D eigenvalue weighted by atomic mass is 19.3. The lowest BCUT2D eigenvalue weighted by Crippen LogP contribution is -2.34. The standard InChI is InChI=1S/C21H29F3O2/c1-2-3-10-25-18-8-6-15-11-14(4-5-16(15)12-18)17-7-9-20(19(22)13-17)26-21(23)24/h7,9,13-16,18,21H,2-6,8,10-12H2,1H3. The van der Waals surface area contributed by atoms with Gasteiger partial charge < -0.3 is 9.47 Å². The van der Waals surface area contributed by atoms with E-state index in [1.54, 1.807) is 6.07 Å². The predicted octanol–water partition coefficient (Wildman–Crippen LogP) is 6.30. The maximum absolute atomic E-state index is 14.0. The molecule has 0 saturated heterocycles. The first kappa shape index (κ1) is 19.5. The zero-order valence-electron chi connectivity index (χ0n) is 15.4. The molecule has 1 aromatic rings. The molecule has 0 aliphatic heterocycles. The third kappa shape index (κ3) is 4.93. The molecule has 2 fully saturated rings. The van der Waals surface area contributed by atoms with Crippen molar-refractivity contribution in [2.24, 2.45) is 11.8 Å². The number of alkyl halides is 2. The molecular weight excluding hydrogens is 341 g/mol. The van der Waals surface area contributed by atoms with Crippen LogP contribution in [-0.4, -0.2) is 19.3 Å². The first-order valence-corrected chi connectivity index (χ1v) is 9.92. The third-order valence-electron chi connectivity index (χ3n) is 6.06. The van der Waals surface area contributed by atoms with Crippen molar-refractivity contribution in [2.75, 3.05) is 6.61 Å². The van der Waals surface area contributed by atoms with E-state index in [1.165, 1.54) is 18.6 Å². The van der Waals surface area contributed by atoms with Crippen molar-refractivity contribution in [3.05, 3.63) is 29.6 Å². The first-order valence-electron chi connectivity index (χ1n) is 9.92. The summed E-state index contributed by atoms with van der Waals surface area (Å²) >= 11 is 0. The van der Waals surface area contributed by atoms with Crippen LogP contribution in [0.5, 0.6) is 5.75 Å². The molecule has 0 aromatic heterocycles. The summed E-state index contributed by atoms with van der Waals surface area (Å²) in [7, 11) is 0. The van der Waals surface area contributed by atoms with E-state index in [2.05, 4.69) is 11.7 Å². The van der Waals surface area contributed by atoms with Crippen LogP contribution in [0.15, 0.2) is 18.2 Å². The lowest BCUT2D eigenvalue weighted by atomic mass is 9.65. The normalized spacial score (nSPS) is 28.8. The average molecular weight is 370 g/mol. The molecule has 4 atom stereocenters. The molecule has 4 unspecified atom stereocenters. The van der Waals surface area contributed by atoms with Gasteiger partial charge in [-0.05, 0) is 80.4 Å². The van der Waals surface area contributed by atoms with Crippen molar-refractivity contribution in [3.8, 4) is 5.75 Å². The second-order valence-electron chi connectivity index (χ2n) is 7.76. The van der Waals surface area contributed by atoms with Crippen LogP contribution < -0.4 is 4.74 Å². The van der Waals surface area contributed by atoms with Gasteiger partial charge in [-0.15, -0.1) is 0 Å². The zero-order valence-corrected chi connectivity index (χ0v) is 15.4. The molecule has 0 amide bonds. The molecule has 2 nitrogen and oxygen atoms in total. The fourth-order valence-corrected chi connectivity index (χ4v) is 4.66. The lowest BCUT2D eigenvalue weighted by Gasteiger charge is -2.42. The molecule has 2 saturated carbocycles. The summed E-state index contributed by atoms with van der Waals surface area (Å²) in [6, 6.07) is 4.45. The molecule has 146 valence electrons. The van der Waals surface area contributed by atoms with E-state index in [-0.39, 0.29) is 5.75 Å². The maximum Gasteiger partial charge on any atom is 0.387 e. The highest BCUT2D eigenvalue weighted by molar-refractivity contribution is 5.31. The smallest absolute Gasteiger partial charge is 0.387 e. The van der Waals surface area contributed by atoms with Crippen molar-refractivity contribution < 1.29 is 22.6 Å². The van der Waals surface area contributed by atoms with Crippen LogP contribution in [0.3, 0.4) is 0 Å². The Morgan fingerprint density at radius 1 is 1.08 bits per heavy atom. The van der Waals surface area contributed by atoms with Crippen LogP contribution in [0.4, 0.5) is 13.2 Å².